The quantitative estimate of drug-likeness (QED) is 0.831. The Morgan fingerprint density at radius 2 is 2.00 bits per heavy atom. The molecule has 2 fully saturated rings. The fraction of sp³-hybridized carbons (Fsp3) is 0.632. The van der Waals surface area contributed by atoms with E-state index in [1.807, 2.05) is 4.90 Å². The molecule has 1 aromatic rings. The number of nitrogens with zero attached hydrogens (tertiary/aromatic N) is 1. The van der Waals surface area contributed by atoms with Gasteiger partial charge in [0.25, 0.3) is 0 Å². The largest absolute Gasteiger partial charge is 0.341 e. The molecule has 6 heteroatoms. The molecule has 5 nitrogen and oxygen atoms in total. The highest BCUT2D eigenvalue weighted by Gasteiger charge is 2.33. The first-order chi connectivity index (χ1) is 12.0. The maximum atomic E-state index is 12.7. The van der Waals surface area contributed by atoms with E-state index in [1.54, 1.807) is 0 Å². The van der Waals surface area contributed by atoms with Crippen LogP contribution in [0.5, 0.6) is 0 Å². The van der Waals surface area contributed by atoms with Crippen LogP contribution >= 0.6 is 0 Å². The van der Waals surface area contributed by atoms with Gasteiger partial charge in [-0.15, -0.1) is 0 Å². The number of hydrogen-bond donors (Lipinski definition) is 2. The zero-order valence-corrected chi connectivity index (χ0v) is 15.8. The van der Waals surface area contributed by atoms with E-state index in [9.17, 15) is 9.00 Å². The Balaban J connectivity index is 1.48. The van der Waals surface area contributed by atoms with Crippen LogP contribution in [0.25, 0.3) is 0 Å². The molecule has 3 unspecified atom stereocenters. The summed E-state index contributed by atoms with van der Waals surface area (Å²) < 4.78 is 11.7. The molecule has 0 saturated carbocycles. The van der Waals surface area contributed by atoms with Crippen molar-refractivity contribution in [2.45, 2.75) is 38.3 Å². The standard InChI is InChI=1S/C19H29N3O2S/c1-14-2-4-15(5-3-14)12-16-6-9-22(10-7-16)19(23)18(20)17-13-25(24)11-8-21-17/h2-5,16-18,21H,6-13,20H2,1H3. The normalized spacial score (nSPS) is 26.4. The molecule has 138 valence electrons. The molecule has 0 radical (unpaired) electrons. The number of rotatable bonds is 4. The average molecular weight is 364 g/mol. The van der Waals surface area contributed by atoms with Gasteiger partial charge in [0, 0.05) is 48.0 Å². The Hall–Kier alpha value is -1.24. The van der Waals surface area contributed by atoms with Gasteiger partial charge in [-0.2, -0.15) is 0 Å². The van der Waals surface area contributed by atoms with Gasteiger partial charge in [-0.3, -0.25) is 9.00 Å². The van der Waals surface area contributed by atoms with E-state index in [0.29, 0.717) is 24.0 Å². The van der Waals surface area contributed by atoms with Gasteiger partial charge in [0.05, 0.1) is 0 Å². The highest BCUT2D eigenvalue weighted by Crippen LogP contribution is 2.22. The maximum absolute atomic E-state index is 12.7. The summed E-state index contributed by atoms with van der Waals surface area (Å²) in [6, 6.07) is 7.99. The molecule has 25 heavy (non-hydrogen) atoms. The first-order valence-corrected chi connectivity index (χ1v) is 10.7. The van der Waals surface area contributed by atoms with E-state index in [4.69, 9.17) is 5.73 Å². The second-order valence-corrected chi connectivity index (χ2v) is 8.98. The number of carbonyl (C=O) groups excluding carboxylic acids is 1. The number of amides is 1. The number of carbonyl (C=O) groups is 1. The first-order valence-electron chi connectivity index (χ1n) is 9.21. The molecular weight excluding hydrogens is 334 g/mol. The third-order valence-electron chi connectivity index (χ3n) is 5.39. The van der Waals surface area contributed by atoms with Crippen molar-refractivity contribution in [3.05, 3.63) is 35.4 Å². The van der Waals surface area contributed by atoms with Gasteiger partial charge in [-0.1, -0.05) is 29.8 Å². The minimum absolute atomic E-state index is 0.00480. The molecule has 0 bridgehead atoms. The monoisotopic (exact) mass is 363 g/mol. The molecule has 3 rings (SSSR count). The van der Waals surface area contributed by atoms with Crippen LogP contribution in [0, 0.1) is 12.8 Å². The molecule has 1 amide bonds. The summed E-state index contributed by atoms with van der Waals surface area (Å²) in [5.41, 5.74) is 8.83. The summed E-state index contributed by atoms with van der Waals surface area (Å²) in [6.07, 6.45) is 3.13. The number of nitrogens with one attached hydrogen (secondary N) is 1. The summed E-state index contributed by atoms with van der Waals surface area (Å²) in [4.78, 5) is 14.6. The molecule has 2 saturated heterocycles. The topological polar surface area (TPSA) is 75.4 Å². The number of aryl methyl sites for hydroxylation is 1. The predicted octanol–water partition coefficient (Wildman–Crippen LogP) is 0.824. The van der Waals surface area contributed by atoms with Gasteiger partial charge < -0.3 is 16.0 Å². The molecule has 0 aromatic heterocycles. The average Bonchev–Trinajstić information content (AvgIpc) is 2.63. The van der Waals surface area contributed by atoms with Crippen LogP contribution < -0.4 is 11.1 Å². The van der Waals surface area contributed by atoms with Gasteiger partial charge in [0.15, 0.2) is 0 Å². The highest BCUT2D eigenvalue weighted by atomic mass is 32.2. The van der Waals surface area contributed by atoms with Crippen molar-refractivity contribution in [1.82, 2.24) is 10.2 Å². The van der Waals surface area contributed by atoms with Crippen molar-refractivity contribution in [3.8, 4) is 0 Å². The molecular formula is C19H29N3O2S. The van der Waals surface area contributed by atoms with E-state index in [1.165, 1.54) is 11.1 Å². The summed E-state index contributed by atoms with van der Waals surface area (Å²) in [6.45, 7) is 4.34. The van der Waals surface area contributed by atoms with Crippen molar-refractivity contribution < 1.29 is 9.00 Å². The summed E-state index contributed by atoms with van der Waals surface area (Å²) in [5, 5.41) is 3.25. The van der Waals surface area contributed by atoms with Crippen molar-refractivity contribution in [1.29, 1.82) is 0 Å². The molecule has 0 spiro atoms. The maximum Gasteiger partial charge on any atom is 0.241 e. The smallest absolute Gasteiger partial charge is 0.241 e. The lowest BCUT2D eigenvalue weighted by molar-refractivity contribution is -0.134. The molecule has 1 aromatic carbocycles. The van der Waals surface area contributed by atoms with E-state index >= 15 is 0 Å². The number of nitrogens with two attached hydrogens (primary N) is 1. The Labute approximate surface area is 152 Å². The minimum atomic E-state index is -0.856. The second-order valence-electron chi connectivity index (χ2n) is 7.36. The van der Waals surface area contributed by atoms with Gasteiger partial charge in [-0.25, -0.2) is 0 Å². The van der Waals surface area contributed by atoms with Crippen molar-refractivity contribution in [2.24, 2.45) is 11.7 Å². The van der Waals surface area contributed by atoms with E-state index in [0.717, 1.165) is 32.4 Å². The Morgan fingerprint density at radius 1 is 1.32 bits per heavy atom. The zero-order valence-electron chi connectivity index (χ0n) is 14.9. The molecule has 2 heterocycles. The van der Waals surface area contributed by atoms with Crippen LogP contribution in [0.3, 0.4) is 0 Å². The Kier molecular flexibility index (Phi) is 6.25. The number of piperidine rings is 1. The van der Waals surface area contributed by atoms with Crippen molar-refractivity contribution in [3.63, 3.8) is 0 Å². The fourth-order valence-corrected chi connectivity index (χ4v) is 4.97. The van der Waals surface area contributed by atoms with Crippen LogP contribution in [-0.4, -0.2) is 58.2 Å². The van der Waals surface area contributed by atoms with Gasteiger partial charge in [-0.05, 0) is 37.7 Å². The number of likely N-dealkylation sites (tertiary alicyclic amines) is 1. The zero-order chi connectivity index (χ0) is 17.8. The minimum Gasteiger partial charge on any atom is -0.341 e. The Bertz CT molecular complexity index is 612. The molecule has 2 aliphatic rings. The van der Waals surface area contributed by atoms with Crippen LogP contribution in [-0.2, 0) is 22.0 Å². The highest BCUT2D eigenvalue weighted by molar-refractivity contribution is 7.85. The fourth-order valence-electron chi connectivity index (χ4n) is 3.73. The van der Waals surface area contributed by atoms with Crippen LogP contribution in [0.1, 0.15) is 24.0 Å². The SMILES string of the molecule is Cc1ccc(CC2CCN(C(=O)C(N)C3CS(=O)CCN3)CC2)cc1. The third kappa shape index (κ3) is 4.90. The molecule has 3 N–H and O–H groups in total. The van der Waals surface area contributed by atoms with E-state index in [-0.39, 0.29) is 11.9 Å². The van der Waals surface area contributed by atoms with Crippen molar-refractivity contribution in [2.75, 3.05) is 31.1 Å². The summed E-state index contributed by atoms with van der Waals surface area (Å²) in [7, 11) is -0.856. The van der Waals surface area contributed by atoms with E-state index in [2.05, 4.69) is 36.5 Å². The van der Waals surface area contributed by atoms with Gasteiger partial charge >= 0.3 is 0 Å². The number of hydrogen-bond acceptors (Lipinski definition) is 4. The van der Waals surface area contributed by atoms with E-state index < -0.39 is 16.8 Å². The lowest BCUT2D eigenvalue weighted by atomic mass is 9.89. The van der Waals surface area contributed by atoms with Crippen molar-refractivity contribution >= 4 is 16.7 Å². The van der Waals surface area contributed by atoms with Crippen LogP contribution in [0.4, 0.5) is 0 Å². The van der Waals surface area contributed by atoms with Crippen LogP contribution in [0.15, 0.2) is 24.3 Å². The van der Waals surface area contributed by atoms with Gasteiger partial charge in [0.1, 0.15) is 6.04 Å². The second kappa shape index (κ2) is 8.43. The lowest BCUT2D eigenvalue weighted by Gasteiger charge is -2.36. The predicted molar refractivity (Wildman–Crippen MR) is 102 cm³/mol. The Morgan fingerprint density at radius 3 is 2.64 bits per heavy atom. The lowest BCUT2D eigenvalue weighted by Crippen LogP contribution is -2.60. The first kappa shape index (κ1) is 18.5. The summed E-state index contributed by atoms with van der Waals surface area (Å²) in [5.74, 6) is 1.77. The number of benzene rings is 1. The molecule has 0 aliphatic carbocycles. The molecule has 3 atom stereocenters. The molecule has 2 aliphatic heterocycles. The van der Waals surface area contributed by atoms with Crippen LogP contribution in [0.2, 0.25) is 0 Å². The third-order valence-corrected chi connectivity index (χ3v) is 6.78. The van der Waals surface area contributed by atoms with Gasteiger partial charge in [0.2, 0.25) is 5.91 Å². The summed E-state index contributed by atoms with van der Waals surface area (Å²) >= 11 is 0.